The molecule has 182 valence electrons. The molecule has 0 radical (unpaired) electrons. The van der Waals surface area contributed by atoms with E-state index in [1.807, 2.05) is 6.07 Å². The molecular formula is C28H24N2O5S. The van der Waals surface area contributed by atoms with Crippen LogP contribution in [-0.2, 0) is 6.54 Å². The average molecular weight is 501 g/mol. The highest BCUT2D eigenvalue weighted by Gasteiger charge is 2.30. The summed E-state index contributed by atoms with van der Waals surface area (Å²) < 4.78 is 15.9. The summed E-state index contributed by atoms with van der Waals surface area (Å²) in [5.74, 6) is 0.981. The predicted molar refractivity (Wildman–Crippen MR) is 140 cm³/mol. The molecule has 0 saturated heterocycles. The van der Waals surface area contributed by atoms with Gasteiger partial charge >= 0.3 is 0 Å². The first-order valence-corrected chi connectivity index (χ1v) is 11.5. The number of benzene rings is 3. The number of para-hydroxylation sites is 1. The third-order valence-electron chi connectivity index (χ3n) is 5.45. The number of ether oxygens (including phenoxy) is 2. The van der Waals surface area contributed by atoms with Gasteiger partial charge in [0.25, 0.3) is 11.8 Å². The lowest BCUT2D eigenvalue weighted by Crippen LogP contribution is -2.48. The van der Waals surface area contributed by atoms with Crippen LogP contribution in [0.2, 0.25) is 0 Å². The van der Waals surface area contributed by atoms with Crippen LogP contribution in [0.25, 0.3) is 0 Å². The lowest BCUT2D eigenvalue weighted by Gasteiger charge is -2.31. The molecule has 0 atom stereocenters. The molecule has 4 aromatic rings. The Morgan fingerprint density at radius 2 is 1.31 bits per heavy atom. The van der Waals surface area contributed by atoms with E-state index in [-0.39, 0.29) is 23.5 Å². The second kappa shape index (κ2) is 11.3. The number of carbonyl (C=O) groups excluding carboxylic acids is 2. The van der Waals surface area contributed by atoms with Gasteiger partial charge in [0.1, 0.15) is 17.3 Å². The maximum atomic E-state index is 13.8. The summed E-state index contributed by atoms with van der Waals surface area (Å²) >= 11 is 5.82. The molecule has 8 heteroatoms. The van der Waals surface area contributed by atoms with Crippen LogP contribution in [0.3, 0.4) is 0 Å². The molecule has 4 rings (SSSR count). The Balaban J connectivity index is 1.75. The SMILES string of the molecule is COc1ccc(C(=O)N(Cc2ccco2)C(=S)N(C(=O)c2ccc(OC)cc2)c2ccccc2)cc1. The number of methoxy groups -OCH3 is 2. The van der Waals surface area contributed by atoms with Crippen molar-refractivity contribution in [3.8, 4) is 11.5 Å². The molecule has 0 saturated carbocycles. The zero-order chi connectivity index (χ0) is 25.5. The van der Waals surface area contributed by atoms with E-state index in [0.29, 0.717) is 34.1 Å². The van der Waals surface area contributed by atoms with Crippen LogP contribution in [0.1, 0.15) is 26.5 Å². The van der Waals surface area contributed by atoms with Gasteiger partial charge in [-0.25, -0.2) is 0 Å². The van der Waals surface area contributed by atoms with Crippen molar-refractivity contribution < 1.29 is 23.5 Å². The Morgan fingerprint density at radius 3 is 1.81 bits per heavy atom. The highest BCUT2D eigenvalue weighted by atomic mass is 32.1. The first kappa shape index (κ1) is 24.7. The van der Waals surface area contributed by atoms with Gasteiger partial charge < -0.3 is 13.9 Å². The summed E-state index contributed by atoms with van der Waals surface area (Å²) in [6, 6.07) is 25.8. The Morgan fingerprint density at radius 1 is 0.750 bits per heavy atom. The standard InChI is InChI=1S/C28H24N2O5S/c1-33-23-14-10-20(11-15-23)26(31)29(19-25-9-6-18-35-25)28(36)30(22-7-4-3-5-8-22)27(32)21-12-16-24(34-2)17-13-21/h3-18H,19H2,1-2H3. The summed E-state index contributed by atoms with van der Waals surface area (Å²) in [4.78, 5) is 30.1. The zero-order valence-electron chi connectivity index (χ0n) is 19.8. The minimum atomic E-state index is -0.388. The molecule has 2 amide bonds. The predicted octanol–water partition coefficient (Wildman–Crippen LogP) is 5.57. The molecule has 1 heterocycles. The Kier molecular flexibility index (Phi) is 7.77. The van der Waals surface area contributed by atoms with Crippen LogP contribution < -0.4 is 14.4 Å². The topological polar surface area (TPSA) is 72.2 Å². The van der Waals surface area contributed by atoms with Crippen LogP contribution in [0.15, 0.2) is 102 Å². The van der Waals surface area contributed by atoms with E-state index in [0.717, 1.165) is 0 Å². The van der Waals surface area contributed by atoms with Gasteiger partial charge in [-0.1, -0.05) is 18.2 Å². The molecule has 0 aliphatic carbocycles. The van der Waals surface area contributed by atoms with Gasteiger partial charge in [0.2, 0.25) is 0 Å². The fourth-order valence-electron chi connectivity index (χ4n) is 3.55. The first-order chi connectivity index (χ1) is 17.5. The van der Waals surface area contributed by atoms with Gasteiger partial charge in [-0.15, -0.1) is 0 Å². The van der Waals surface area contributed by atoms with Crippen molar-refractivity contribution in [2.45, 2.75) is 6.54 Å². The summed E-state index contributed by atoms with van der Waals surface area (Å²) in [6.45, 7) is 0.0376. The van der Waals surface area contributed by atoms with E-state index in [1.54, 1.807) is 99.1 Å². The molecule has 0 spiro atoms. The van der Waals surface area contributed by atoms with Gasteiger partial charge in [-0.3, -0.25) is 19.4 Å². The molecule has 1 aromatic heterocycles. The van der Waals surface area contributed by atoms with Crippen LogP contribution in [0, 0.1) is 0 Å². The molecule has 0 aliphatic heterocycles. The van der Waals surface area contributed by atoms with Gasteiger partial charge in [0.05, 0.1) is 32.7 Å². The van der Waals surface area contributed by atoms with Crippen molar-refractivity contribution in [2.75, 3.05) is 19.1 Å². The number of amides is 2. The number of thiocarbonyl (C=S) groups is 1. The smallest absolute Gasteiger partial charge is 0.264 e. The second-order valence-corrected chi connectivity index (χ2v) is 8.05. The molecule has 7 nitrogen and oxygen atoms in total. The molecule has 0 fully saturated rings. The number of rotatable bonds is 7. The van der Waals surface area contributed by atoms with E-state index in [9.17, 15) is 9.59 Å². The molecule has 3 aromatic carbocycles. The molecule has 0 unspecified atom stereocenters. The summed E-state index contributed by atoms with van der Waals surface area (Å²) in [5, 5.41) is 0.0132. The van der Waals surface area contributed by atoms with E-state index in [4.69, 9.17) is 26.1 Å². The van der Waals surface area contributed by atoms with Crippen molar-refractivity contribution in [2.24, 2.45) is 0 Å². The molecule has 0 aliphatic rings. The third-order valence-corrected chi connectivity index (χ3v) is 5.86. The largest absolute Gasteiger partial charge is 0.497 e. The van der Waals surface area contributed by atoms with Gasteiger partial charge in [0.15, 0.2) is 5.11 Å². The highest BCUT2D eigenvalue weighted by Crippen LogP contribution is 2.24. The van der Waals surface area contributed by atoms with Crippen LogP contribution in [0.4, 0.5) is 5.69 Å². The summed E-state index contributed by atoms with van der Waals surface area (Å²) in [6.07, 6.45) is 1.52. The molecule has 0 bridgehead atoms. The first-order valence-electron chi connectivity index (χ1n) is 11.1. The normalized spacial score (nSPS) is 10.4. The Hall–Kier alpha value is -4.43. The van der Waals surface area contributed by atoms with E-state index in [2.05, 4.69) is 0 Å². The molecular weight excluding hydrogens is 476 g/mol. The highest BCUT2D eigenvalue weighted by molar-refractivity contribution is 7.80. The quantitative estimate of drug-likeness (QED) is 0.309. The summed E-state index contributed by atoms with van der Waals surface area (Å²) in [5.41, 5.74) is 1.29. The zero-order valence-corrected chi connectivity index (χ0v) is 20.6. The number of furan rings is 1. The number of anilines is 1. The summed E-state index contributed by atoms with van der Waals surface area (Å²) in [7, 11) is 3.11. The fourth-order valence-corrected chi connectivity index (χ4v) is 3.88. The van der Waals surface area contributed by atoms with E-state index >= 15 is 0 Å². The Bertz CT molecular complexity index is 1320. The van der Waals surface area contributed by atoms with E-state index < -0.39 is 0 Å². The third kappa shape index (κ3) is 5.45. The maximum absolute atomic E-state index is 13.8. The minimum Gasteiger partial charge on any atom is -0.497 e. The Labute approximate surface area is 214 Å². The minimum absolute atomic E-state index is 0.0132. The monoisotopic (exact) mass is 500 g/mol. The lowest BCUT2D eigenvalue weighted by molar-refractivity contribution is 0.0832. The van der Waals surface area contributed by atoms with Crippen molar-refractivity contribution in [1.82, 2.24) is 4.90 Å². The van der Waals surface area contributed by atoms with Crippen LogP contribution >= 0.6 is 12.2 Å². The average Bonchev–Trinajstić information content (AvgIpc) is 3.45. The second-order valence-electron chi connectivity index (χ2n) is 7.69. The van der Waals surface area contributed by atoms with Crippen LogP contribution in [-0.4, -0.2) is 36.0 Å². The van der Waals surface area contributed by atoms with Gasteiger partial charge in [-0.05, 0) is 85.0 Å². The lowest BCUT2D eigenvalue weighted by atomic mass is 10.1. The number of carbonyl (C=O) groups is 2. The van der Waals surface area contributed by atoms with Crippen molar-refractivity contribution >= 4 is 34.8 Å². The number of hydrogen-bond acceptors (Lipinski definition) is 6. The van der Waals surface area contributed by atoms with Crippen molar-refractivity contribution in [1.29, 1.82) is 0 Å². The van der Waals surface area contributed by atoms with Gasteiger partial charge in [0, 0.05) is 11.1 Å². The number of hydrogen-bond donors (Lipinski definition) is 0. The molecule has 0 N–H and O–H groups in total. The van der Waals surface area contributed by atoms with Gasteiger partial charge in [-0.2, -0.15) is 0 Å². The fraction of sp³-hybridized carbons (Fsp3) is 0.107. The molecule has 36 heavy (non-hydrogen) atoms. The van der Waals surface area contributed by atoms with Crippen LogP contribution in [0.5, 0.6) is 11.5 Å². The van der Waals surface area contributed by atoms with Crippen molar-refractivity contribution in [3.63, 3.8) is 0 Å². The van der Waals surface area contributed by atoms with Crippen molar-refractivity contribution in [3.05, 3.63) is 114 Å². The number of nitrogens with zero attached hydrogens (tertiary/aromatic N) is 2. The van der Waals surface area contributed by atoms with E-state index in [1.165, 1.54) is 16.1 Å². The maximum Gasteiger partial charge on any atom is 0.264 e.